The SMILES string of the molecule is NC(COc1cncc(-c2ccc3c(c2)C(=Cc2ccccc2)C(=O)N3)c1)Cc1c[nH]c2ccccc12. The summed E-state index contributed by atoms with van der Waals surface area (Å²) in [6.07, 6.45) is 8.13. The second-order valence-corrected chi connectivity index (χ2v) is 9.23. The number of anilines is 1. The molecule has 6 rings (SSSR count). The van der Waals surface area contributed by atoms with Crippen LogP contribution in [0.5, 0.6) is 5.75 Å². The number of hydrogen-bond donors (Lipinski definition) is 3. The number of nitrogens with two attached hydrogens (primary N) is 1. The highest BCUT2D eigenvalue weighted by Gasteiger charge is 2.24. The molecule has 0 aliphatic carbocycles. The second kappa shape index (κ2) is 9.76. The van der Waals surface area contributed by atoms with Crippen molar-refractivity contribution >= 4 is 34.1 Å². The molecule has 6 nitrogen and oxygen atoms in total. The van der Waals surface area contributed by atoms with Crippen molar-refractivity contribution in [3.63, 3.8) is 0 Å². The fourth-order valence-corrected chi connectivity index (χ4v) is 4.73. The third-order valence-electron chi connectivity index (χ3n) is 6.58. The van der Waals surface area contributed by atoms with Crippen LogP contribution in [0.25, 0.3) is 33.7 Å². The van der Waals surface area contributed by atoms with E-state index in [1.54, 1.807) is 12.4 Å². The zero-order valence-electron chi connectivity index (χ0n) is 20.1. The Morgan fingerprint density at radius 2 is 1.78 bits per heavy atom. The van der Waals surface area contributed by atoms with E-state index in [9.17, 15) is 4.79 Å². The van der Waals surface area contributed by atoms with Gasteiger partial charge in [0, 0.05) is 51.7 Å². The summed E-state index contributed by atoms with van der Waals surface area (Å²) < 4.78 is 6.03. The first-order chi connectivity index (χ1) is 18.1. The van der Waals surface area contributed by atoms with Gasteiger partial charge in [0.25, 0.3) is 5.91 Å². The number of para-hydroxylation sites is 1. The molecule has 0 fully saturated rings. The number of aromatic nitrogens is 2. The molecule has 0 bridgehead atoms. The van der Waals surface area contributed by atoms with Gasteiger partial charge >= 0.3 is 0 Å². The number of carbonyl (C=O) groups excluding carboxylic acids is 1. The molecule has 37 heavy (non-hydrogen) atoms. The van der Waals surface area contributed by atoms with Gasteiger partial charge in [-0.1, -0.05) is 54.6 Å². The van der Waals surface area contributed by atoms with Gasteiger partial charge < -0.3 is 20.8 Å². The smallest absolute Gasteiger partial charge is 0.256 e. The number of nitrogens with one attached hydrogen (secondary N) is 2. The zero-order valence-corrected chi connectivity index (χ0v) is 20.1. The lowest BCUT2D eigenvalue weighted by atomic mass is 9.99. The number of carbonyl (C=O) groups is 1. The summed E-state index contributed by atoms with van der Waals surface area (Å²) in [4.78, 5) is 20.3. The minimum Gasteiger partial charge on any atom is -0.490 e. The van der Waals surface area contributed by atoms with Crippen LogP contribution in [-0.4, -0.2) is 28.5 Å². The minimum absolute atomic E-state index is 0.101. The van der Waals surface area contributed by atoms with E-state index in [0.717, 1.165) is 33.5 Å². The van der Waals surface area contributed by atoms with Crippen LogP contribution >= 0.6 is 0 Å². The predicted molar refractivity (Wildman–Crippen MR) is 148 cm³/mol. The Morgan fingerprint density at radius 3 is 2.68 bits per heavy atom. The predicted octanol–water partition coefficient (Wildman–Crippen LogP) is 5.67. The van der Waals surface area contributed by atoms with Gasteiger partial charge in [-0.15, -0.1) is 0 Å². The van der Waals surface area contributed by atoms with Gasteiger partial charge in [-0.25, -0.2) is 0 Å². The molecular weight excluding hydrogens is 460 g/mol. The fourth-order valence-electron chi connectivity index (χ4n) is 4.73. The molecular formula is C31H26N4O2. The van der Waals surface area contributed by atoms with Gasteiger partial charge in [-0.2, -0.15) is 0 Å². The number of H-pyrrole nitrogens is 1. The molecule has 2 aromatic heterocycles. The van der Waals surface area contributed by atoms with Crippen LogP contribution in [0.2, 0.25) is 0 Å². The molecule has 6 heteroatoms. The molecule has 1 aliphatic rings. The average Bonchev–Trinajstić information content (AvgIpc) is 3.48. The summed E-state index contributed by atoms with van der Waals surface area (Å²) in [6.45, 7) is 0.372. The summed E-state index contributed by atoms with van der Waals surface area (Å²) in [6, 6.07) is 25.8. The number of fused-ring (bicyclic) bond motifs is 2. The quantitative estimate of drug-likeness (QED) is 0.258. The summed E-state index contributed by atoms with van der Waals surface area (Å²) in [5, 5.41) is 4.14. The Bertz CT molecular complexity index is 1620. The van der Waals surface area contributed by atoms with E-state index in [1.165, 1.54) is 10.9 Å². The number of hydrogen-bond acceptors (Lipinski definition) is 4. The third kappa shape index (κ3) is 4.75. The van der Waals surface area contributed by atoms with E-state index in [0.29, 0.717) is 24.4 Å². The largest absolute Gasteiger partial charge is 0.490 e. The number of pyridine rings is 1. The van der Waals surface area contributed by atoms with E-state index >= 15 is 0 Å². The van der Waals surface area contributed by atoms with Crippen LogP contribution in [0, 0.1) is 0 Å². The van der Waals surface area contributed by atoms with E-state index in [-0.39, 0.29) is 11.9 Å². The van der Waals surface area contributed by atoms with E-state index < -0.39 is 0 Å². The molecule has 0 saturated carbocycles. The van der Waals surface area contributed by atoms with Crippen molar-refractivity contribution in [2.75, 3.05) is 11.9 Å². The Morgan fingerprint density at radius 1 is 0.946 bits per heavy atom. The fraction of sp³-hybridized carbons (Fsp3) is 0.0968. The molecule has 1 atom stereocenters. The highest BCUT2D eigenvalue weighted by molar-refractivity contribution is 6.35. The minimum atomic E-state index is -0.161. The number of nitrogens with zero attached hydrogens (tertiary/aromatic N) is 1. The zero-order chi connectivity index (χ0) is 25.2. The van der Waals surface area contributed by atoms with Crippen molar-refractivity contribution in [2.24, 2.45) is 5.73 Å². The summed E-state index contributed by atoms with van der Waals surface area (Å²) in [5.41, 5.74) is 13.9. The van der Waals surface area contributed by atoms with Gasteiger partial charge in [-0.05, 0) is 53.5 Å². The third-order valence-corrected chi connectivity index (χ3v) is 6.58. The van der Waals surface area contributed by atoms with Crippen molar-refractivity contribution in [3.05, 3.63) is 114 Å². The Kier molecular flexibility index (Phi) is 6.00. The average molecular weight is 487 g/mol. The highest BCUT2D eigenvalue weighted by Crippen LogP contribution is 2.36. The monoisotopic (exact) mass is 486 g/mol. The number of amides is 1. The lowest BCUT2D eigenvalue weighted by Crippen LogP contribution is -2.30. The topological polar surface area (TPSA) is 93.0 Å². The van der Waals surface area contributed by atoms with Gasteiger partial charge in [0.1, 0.15) is 12.4 Å². The van der Waals surface area contributed by atoms with E-state index in [1.807, 2.05) is 79.0 Å². The summed E-state index contributed by atoms with van der Waals surface area (Å²) >= 11 is 0. The normalized spacial score (nSPS) is 14.5. The molecule has 182 valence electrons. The maximum atomic E-state index is 12.6. The Balaban J connectivity index is 1.18. The summed E-state index contributed by atoms with van der Waals surface area (Å²) in [5.74, 6) is 0.553. The number of aromatic amines is 1. The van der Waals surface area contributed by atoms with Crippen molar-refractivity contribution in [1.29, 1.82) is 0 Å². The maximum Gasteiger partial charge on any atom is 0.256 e. The number of benzene rings is 3. The molecule has 0 saturated heterocycles. The Hall–Kier alpha value is -4.68. The van der Waals surface area contributed by atoms with Crippen LogP contribution in [0.3, 0.4) is 0 Å². The van der Waals surface area contributed by atoms with Crippen LogP contribution in [0.15, 0.2) is 97.5 Å². The van der Waals surface area contributed by atoms with Gasteiger partial charge in [0.2, 0.25) is 0 Å². The van der Waals surface area contributed by atoms with Crippen molar-refractivity contribution in [1.82, 2.24) is 9.97 Å². The van der Waals surface area contributed by atoms with Crippen LogP contribution < -0.4 is 15.8 Å². The standard InChI is InChI=1S/C31H26N4O2/c32-24(13-23-17-34-29-9-5-4-8-26(23)29)19-37-25-14-22(16-33-18-25)21-10-11-30-27(15-21)28(31(36)35-30)12-20-6-2-1-3-7-20/h1-12,14-18,24,34H,13,19,32H2,(H,35,36). The number of ether oxygens (including phenoxy) is 1. The van der Waals surface area contributed by atoms with E-state index in [4.69, 9.17) is 10.5 Å². The van der Waals surface area contributed by atoms with E-state index in [2.05, 4.69) is 27.4 Å². The maximum absolute atomic E-state index is 12.6. The lowest BCUT2D eigenvalue weighted by molar-refractivity contribution is -0.110. The molecule has 4 N–H and O–H groups in total. The first kappa shape index (κ1) is 22.8. The van der Waals surface area contributed by atoms with Gasteiger partial charge in [0.15, 0.2) is 0 Å². The molecule has 1 amide bonds. The molecule has 1 unspecified atom stereocenters. The van der Waals surface area contributed by atoms with Crippen molar-refractivity contribution in [3.8, 4) is 16.9 Å². The van der Waals surface area contributed by atoms with Crippen molar-refractivity contribution < 1.29 is 9.53 Å². The Labute approximate surface area is 214 Å². The van der Waals surface area contributed by atoms with Crippen LogP contribution in [-0.2, 0) is 11.2 Å². The molecule has 1 aliphatic heterocycles. The first-order valence-electron chi connectivity index (χ1n) is 12.3. The van der Waals surface area contributed by atoms with Gasteiger partial charge in [-0.3, -0.25) is 9.78 Å². The summed E-state index contributed by atoms with van der Waals surface area (Å²) in [7, 11) is 0. The molecule has 0 radical (unpaired) electrons. The molecule has 3 heterocycles. The lowest BCUT2D eigenvalue weighted by Gasteiger charge is -2.13. The van der Waals surface area contributed by atoms with Crippen LogP contribution in [0.1, 0.15) is 16.7 Å². The second-order valence-electron chi connectivity index (χ2n) is 9.23. The number of rotatable bonds is 7. The van der Waals surface area contributed by atoms with Crippen molar-refractivity contribution in [2.45, 2.75) is 12.5 Å². The highest BCUT2D eigenvalue weighted by atomic mass is 16.5. The van der Waals surface area contributed by atoms with Gasteiger partial charge in [0.05, 0.1) is 6.20 Å². The first-order valence-corrected chi connectivity index (χ1v) is 12.3. The molecule has 5 aromatic rings. The van der Waals surface area contributed by atoms with Crippen LogP contribution in [0.4, 0.5) is 5.69 Å². The molecule has 0 spiro atoms. The molecule has 3 aromatic carbocycles.